The molecule has 1 amide bonds. The molecule has 1 atom stereocenters. The van der Waals surface area contributed by atoms with Crippen LogP contribution in [0.5, 0.6) is 0 Å². The molecular formula is C25H25FN2O3S. The molecule has 0 aromatic heterocycles. The van der Waals surface area contributed by atoms with Crippen molar-refractivity contribution in [3.8, 4) is 0 Å². The van der Waals surface area contributed by atoms with E-state index >= 15 is 0 Å². The van der Waals surface area contributed by atoms with Crippen LogP contribution in [0.25, 0.3) is 0 Å². The second-order valence-corrected chi connectivity index (χ2v) is 9.93. The first-order valence-electron chi connectivity index (χ1n) is 10.6. The normalized spacial score (nSPS) is 16.2. The summed E-state index contributed by atoms with van der Waals surface area (Å²) in [5, 5.41) is 0. The minimum absolute atomic E-state index is 0.00285. The van der Waals surface area contributed by atoms with Crippen molar-refractivity contribution in [2.75, 3.05) is 17.9 Å². The number of carbonyl (C=O) groups is 1. The van der Waals surface area contributed by atoms with Crippen molar-refractivity contribution < 1.29 is 17.6 Å². The molecule has 0 saturated carbocycles. The molecule has 1 aliphatic rings. The van der Waals surface area contributed by atoms with Gasteiger partial charge in [-0.15, -0.1) is 0 Å². The van der Waals surface area contributed by atoms with Gasteiger partial charge >= 0.3 is 0 Å². The molecule has 166 valence electrons. The number of likely N-dealkylation sites (tertiary alicyclic amines) is 1. The third-order valence-electron chi connectivity index (χ3n) is 5.88. The number of halogens is 1. The number of benzene rings is 3. The Bertz CT molecular complexity index is 1200. The first kappa shape index (κ1) is 22.0. The zero-order valence-electron chi connectivity index (χ0n) is 17.8. The molecule has 1 fully saturated rings. The van der Waals surface area contributed by atoms with E-state index in [1.54, 1.807) is 42.5 Å². The lowest BCUT2D eigenvalue weighted by molar-refractivity contribution is 0.0736. The zero-order valence-corrected chi connectivity index (χ0v) is 18.6. The van der Waals surface area contributed by atoms with Crippen molar-refractivity contribution in [1.82, 2.24) is 4.90 Å². The molecule has 0 bridgehead atoms. The molecule has 1 aliphatic heterocycles. The lowest BCUT2D eigenvalue weighted by atomic mass is 10.0. The Balaban J connectivity index is 1.50. The predicted octanol–water partition coefficient (Wildman–Crippen LogP) is 4.50. The Hall–Kier alpha value is -3.19. The van der Waals surface area contributed by atoms with E-state index in [1.807, 2.05) is 17.0 Å². The van der Waals surface area contributed by atoms with Crippen molar-refractivity contribution >= 4 is 21.6 Å². The van der Waals surface area contributed by atoms with Gasteiger partial charge in [-0.1, -0.05) is 30.3 Å². The molecule has 5 nitrogen and oxygen atoms in total. The van der Waals surface area contributed by atoms with E-state index < -0.39 is 10.0 Å². The van der Waals surface area contributed by atoms with Gasteiger partial charge in [0, 0.05) is 25.2 Å². The topological polar surface area (TPSA) is 57.7 Å². The maximum Gasteiger partial charge on any atom is 0.264 e. The number of nitrogens with zero attached hydrogens (tertiary/aromatic N) is 2. The molecule has 4 rings (SSSR count). The van der Waals surface area contributed by atoms with Crippen LogP contribution in [0.15, 0.2) is 83.8 Å². The molecule has 1 saturated heterocycles. The number of hydrogen-bond acceptors (Lipinski definition) is 3. The summed E-state index contributed by atoms with van der Waals surface area (Å²) in [6.07, 6.45) is 2.34. The van der Waals surface area contributed by atoms with Gasteiger partial charge in [0.15, 0.2) is 0 Å². The molecular weight excluding hydrogens is 427 g/mol. The van der Waals surface area contributed by atoms with Crippen LogP contribution >= 0.6 is 0 Å². The molecule has 7 heteroatoms. The molecule has 0 radical (unpaired) electrons. The predicted molar refractivity (Wildman–Crippen MR) is 123 cm³/mol. The second kappa shape index (κ2) is 9.12. The smallest absolute Gasteiger partial charge is 0.264 e. The van der Waals surface area contributed by atoms with Gasteiger partial charge in [-0.05, 0) is 73.4 Å². The summed E-state index contributed by atoms with van der Waals surface area (Å²) >= 11 is 0. The van der Waals surface area contributed by atoms with Gasteiger partial charge in [0.25, 0.3) is 15.9 Å². The number of rotatable bonds is 6. The summed E-state index contributed by atoms with van der Waals surface area (Å²) < 4.78 is 40.7. The van der Waals surface area contributed by atoms with Crippen LogP contribution in [0.3, 0.4) is 0 Å². The Morgan fingerprint density at radius 2 is 1.75 bits per heavy atom. The maximum atomic E-state index is 13.5. The Kier molecular flexibility index (Phi) is 6.28. The van der Waals surface area contributed by atoms with Crippen LogP contribution in [-0.4, -0.2) is 38.9 Å². The lowest BCUT2D eigenvalue weighted by Crippen LogP contribution is -2.36. The Morgan fingerprint density at radius 3 is 2.44 bits per heavy atom. The van der Waals surface area contributed by atoms with Crippen molar-refractivity contribution in [1.29, 1.82) is 0 Å². The van der Waals surface area contributed by atoms with Gasteiger partial charge in [0.1, 0.15) is 5.82 Å². The maximum absolute atomic E-state index is 13.5. The van der Waals surface area contributed by atoms with Gasteiger partial charge in [-0.3, -0.25) is 9.10 Å². The fraction of sp³-hybridized carbons (Fsp3) is 0.240. The van der Waals surface area contributed by atoms with Crippen molar-refractivity contribution in [3.05, 3.63) is 95.8 Å². The monoisotopic (exact) mass is 452 g/mol. The van der Waals surface area contributed by atoms with E-state index in [4.69, 9.17) is 0 Å². The summed E-state index contributed by atoms with van der Waals surface area (Å²) in [5.74, 6) is -0.417. The van der Waals surface area contributed by atoms with Crippen molar-refractivity contribution in [2.45, 2.75) is 30.2 Å². The average molecular weight is 453 g/mol. The van der Waals surface area contributed by atoms with Crippen LogP contribution in [0.2, 0.25) is 0 Å². The number of hydrogen-bond donors (Lipinski definition) is 0. The molecule has 3 aromatic rings. The standard InChI is InChI=1S/C25H25FN2O3S/c1-27(22-9-3-2-4-10-22)32(30,31)24-14-12-20(13-15-24)25(29)28-16-6-11-23(28)18-19-7-5-8-21(26)17-19/h2-5,7-10,12-15,17,23H,6,11,16,18H2,1H3. The fourth-order valence-corrected chi connectivity index (χ4v) is 5.32. The van der Waals surface area contributed by atoms with Crippen LogP contribution in [0.1, 0.15) is 28.8 Å². The lowest BCUT2D eigenvalue weighted by Gasteiger charge is -2.25. The first-order chi connectivity index (χ1) is 15.4. The summed E-state index contributed by atoms with van der Waals surface area (Å²) in [6, 6.07) is 21.3. The fourth-order valence-electron chi connectivity index (χ4n) is 4.12. The molecule has 1 unspecified atom stereocenters. The Morgan fingerprint density at radius 1 is 1.03 bits per heavy atom. The zero-order chi connectivity index (χ0) is 22.7. The SMILES string of the molecule is CN(c1ccccc1)S(=O)(=O)c1ccc(C(=O)N2CCCC2Cc2cccc(F)c2)cc1. The number of carbonyl (C=O) groups excluding carboxylic acids is 1. The molecule has 32 heavy (non-hydrogen) atoms. The quantitative estimate of drug-likeness (QED) is 0.553. The van der Waals surface area contributed by atoms with Crippen LogP contribution in [0, 0.1) is 5.82 Å². The minimum atomic E-state index is -3.74. The number of anilines is 1. The highest BCUT2D eigenvalue weighted by atomic mass is 32.2. The highest BCUT2D eigenvalue weighted by molar-refractivity contribution is 7.92. The van der Waals surface area contributed by atoms with Gasteiger partial charge in [-0.25, -0.2) is 12.8 Å². The number of amides is 1. The van der Waals surface area contributed by atoms with Crippen molar-refractivity contribution in [3.63, 3.8) is 0 Å². The second-order valence-electron chi connectivity index (χ2n) is 7.96. The van der Waals surface area contributed by atoms with E-state index in [-0.39, 0.29) is 22.7 Å². The minimum Gasteiger partial charge on any atom is -0.335 e. The molecule has 0 aliphatic carbocycles. The third kappa shape index (κ3) is 4.53. The summed E-state index contributed by atoms with van der Waals surface area (Å²) in [6.45, 7) is 0.635. The average Bonchev–Trinajstić information content (AvgIpc) is 3.26. The molecule has 3 aromatic carbocycles. The van der Waals surface area contributed by atoms with Gasteiger partial charge in [0.05, 0.1) is 10.6 Å². The highest BCUT2D eigenvalue weighted by Gasteiger charge is 2.30. The van der Waals surface area contributed by atoms with E-state index in [9.17, 15) is 17.6 Å². The van der Waals surface area contributed by atoms with Gasteiger partial charge in [-0.2, -0.15) is 0 Å². The van der Waals surface area contributed by atoms with Crippen LogP contribution < -0.4 is 4.31 Å². The molecule has 0 spiro atoms. The highest BCUT2D eigenvalue weighted by Crippen LogP contribution is 2.26. The third-order valence-corrected chi connectivity index (χ3v) is 7.68. The number of sulfonamides is 1. The van der Waals surface area contributed by atoms with Crippen LogP contribution in [-0.2, 0) is 16.4 Å². The van der Waals surface area contributed by atoms with E-state index in [0.717, 1.165) is 18.4 Å². The Labute approximate surface area is 188 Å². The first-order valence-corrected chi connectivity index (χ1v) is 12.0. The molecule has 1 heterocycles. The van der Waals surface area contributed by atoms with Crippen LogP contribution in [0.4, 0.5) is 10.1 Å². The van der Waals surface area contributed by atoms with E-state index in [0.29, 0.717) is 24.2 Å². The summed E-state index contributed by atoms with van der Waals surface area (Å²) in [5.41, 5.74) is 1.86. The largest absolute Gasteiger partial charge is 0.335 e. The van der Waals surface area contributed by atoms with Crippen molar-refractivity contribution in [2.24, 2.45) is 0 Å². The van der Waals surface area contributed by atoms with Gasteiger partial charge in [0.2, 0.25) is 0 Å². The van der Waals surface area contributed by atoms with E-state index in [1.165, 1.54) is 35.6 Å². The number of para-hydroxylation sites is 1. The van der Waals surface area contributed by atoms with E-state index in [2.05, 4.69) is 0 Å². The summed E-state index contributed by atoms with van der Waals surface area (Å²) in [7, 11) is -2.23. The molecule has 0 N–H and O–H groups in total. The van der Waals surface area contributed by atoms with Gasteiger partial charge < -0.3 is 4.90 Å². The summed E-state index contributed by atoms with van der Waals surface area (Å²) in [4.78, 5) is 15.1.